The van der Waals surface area contributed by atoms with Crippen LogP contribution in [0, 0.1) is 6.42 Å². The molecule has 0 atom stereocenters. The summed E-state index contributed by atoms with van der Waals surface area (Å²) in [7, 11) is 0. The fourth-order valence-corrected chi connectivity index (χ4v) is 5.19. The van der Waals surface area contributed by atoms with Crippen LogP contribution in [0.3, 0.4) is 0 Å². The number of ether oxygens (including phenoxy) is 1. The van der Waals surface area contributed by atoms with Crippen LogP contribution in [0.4, 0.5) is 10.5 Å². The molecular formula is C36H39N4O4. The second-order valence-corrected chi connectivity index (χ2v) is 10.7. The molecule has 3 N–H and O–H groups in total. The number of hydrogen-bond donors (Lipinski definition) is 3. The number of hydrazine groups is 1. The van der Waals surface area contributed by atoms with Crippen LogP contribution in [0.1, 0.15) is 34.3 Å². The molecule has 8 nitrogen and oxygen atoms in total. The van der Waals surface area contributed by atoms with Crippen molar-refractivity contribution in [2.24, 2.45) is 0 Å². The van der Waals surface area contributed by atoms with Crippen LogP contribution in [0.25, 0.3) is 11.1 Å². The van der Waals surface area contributed by atoms with E-state index < -0.39 is 6.09 Å². The fraction of sp³-hybridized carbons (Fsp3) is 0.250. The van der Waals surface area contributed by atoms with Crippen LogP contribution >= 0.6 is 0 Å². The standard InChI is InChI=1S/C36H39N4O4/c41-32-19-15-28(16-20-32)21-22-37-27-29-13-17-31(18-14-29)35(42)38-23-26-44-36(43)40(39-24-7-2-8-25-39)34-12-6-5-11-33(34)30-9-3-1-4-10-30/h1-6,9-20,37,41H,7-8,21-27H2,(H,38,42). The van der Waals surface area contributed by atoms with Gasteiger partial charge in [-0.1, -0.05) is 72.8 Å². The molecule has 4 aromatic rings. The van der Waals surface area contributed by atoms with Crippen molar-refractivity contribution in [3.63, 3.8) is 0 Å². The SMILES string of the molecule is O=C(NCCOC(=O)N(c1ccccc1-c1ccccc1)N1CC[CH]CC1)c1ccc(CNCCc2ccc(O)cc2)cc1. The Kier molecular flexibility index (Phi) is 11.0. The first kappa shape index (κ1) is 30.8. The Labute approximate surface area is 259 Å². The number of amides is 2. The molecule has 0 unspecified atom stereocenters. The summed E-state index contributed by atoms with van der Waals surface area (Å²) in [5, 5.41) is 19.3. The third-order valence-electron chi connectivity index (χ3n) is 7.54. The van der Waals surface area contributed by atoms with E-state index in [1.165, 1.54) is 0 Å². The average molecular weight is 592 g/mol. The molecule has 1 aliphatic rings. The largest absolute Gasteiger partial charge is 0.508 e. The molecule has 0 spiro atoms. The first-order valence-electron chi connectivity index (χ1n) is 15.1. The monoisotopic (exact) mass is 591 g/mol. The molecule has 2 amide bonds. The van der Waals surface area contributed by atoms with E-state index in [4.69, 9.17) is 4.74 Å². The second kappa shape index (κ2) is 15.7. The Morgan fingerprint density at radius 1 is 0.795 bits per heavy atom. The van der Waals surface area contributed by atoms with E-state index >= 15 is 0 Å². The van der Waals surface area contributed by atoms with Gasteiger partial charge in [-0.05, 0) is 79.3 Å². The van der Waals surface area contributed by atoms with Crippen molar-refractivity contribution in [2.75, 3.05) is 37.8 Å². The Morgan fingerprint density at radius 2 is 1.48 bits per heavy atom. The zero-order valence-electron chi connectivity index (χ0n) is 24.8. The molecule has 1 saturated heterocycles. The molecule has 1 heterocycles. The van der Waals surface area contributed by atoms with Gasteiger partial charge in [-0.3, -0.25) is 4.79 Å². The summed E-state index contributed by atoms with van der Waals surface area (Å²) in [6, 6.07) is 32.5. The van der Waals surface area contributed by atoms with Crippen LogP contribution in [0.2, 0.25) is 0 Å². The topological polar surface area (TPSA) is 94.1 Å². The number of benzene rings is 4. The molecule has 1 radical (unpaired) electrons. The first-order chi connectivity index (χ1) is 21.6. The number of nitrogens with zero attached hydrogens (tertiary/aromatic N) is 2. The molecule has 5 rings (SSSR count). The van der Waals surface area contributed by atoms with Gasteiger partial charge in [0, 0.05) is 30.8 Å². The summed E-state index contributed by atoms with van der Waals surface area (Å²) >= 11 is 0. The second-order valence-electron chi connectivity index (χ2n) is 10.7. The molecule has 0 bridgehead atoms. The van der Waals surface area contributed by atoms with Gasteiger partial charge in [0.2, 0.25) is 0 Å². The Hall–Kier alpha value is -4.66. The zero-order chi connectivity index (χ0) is 30.6. The highest BCUT2D eigenvalue weighted by molar-refractivity contribution is 5.94. The zero-order valence-corrected chi connectivity index (χ0v) is 24.8. The van der Waals surface area contributed by atoms with Gasteiger partial charge in [-0.2, -0.15) is 0 Å². The number of piperidine rings is 1. The van der Waals surface area contributed by atoms with Crippen LogP contribution in [-0.4, -0.2) is 54.9 Å². The summed E-state index contributed by atoms with van der Waals surface area (Å²) < 4.78 is 5.70. The van der Waals surface area contributed by atoms with Crippen molar-refractivity contribution in [3.05, 3.63) is 126 Å². The lowest BCUT2D eigenvalue weighted by Crippen LogP contribution is -2.50. The van der Waals surface area contributed by atoms with Gasteiger partial charge >= 0.3 is 6.09 Å². The minimum Gasteiger partial charge on any atom is -0.508 e. The van der Waals surface area contributed by atoms with Crippen molar-refractivity contribution >= 4 is 17.7 Å². The minimum absolute atomic E-state index is 0.0532. The van der Waals surface area contributed by atoms with E-state index in [9.17, 15) is 14.7 Å². The van der Waals surface area contributed by atoms with Crippen LogP contribution in [0.15, 0.2) is 103 Å². The van der Waals surface area contributed by atoms with Gasteiger partial charge in [-0.25, -0.2) is 14.8 Å². The van der Waals surface area contributed by atoms with Gasteiger partial charge < -0.3 is 20.5 Å². The molecule has 1 fully saturated rings. The number of hydrogen-bond acceptors (Lipinski definition) is 6. The third-order valence-corrected chi connectivity index (χ3v) is 7.54. The normalized spacial score (nSPS) is 13.3. The van der Waals surface area contributed by atoms with E-state index in [-0.39, 0.29) is 24.8 Å². The van der Waals surface area contributed by atoms with Crippen LogP contribution in [0.5, 0.6) is 5.75 Å². The molecule has 44 heavy (non-hydrogen) atoms. The number of carbonyl (C=O) groups is 2. The predicted octanol–water partition coefficient (Wildman–Crippen LogP) is 5.98. The van der Waals surface area contributed by atoms with Gasteiger partial charge in [0.15, 0.2) is 0 Å². The van der Waals surface area contributed by atoms with Crippen molar-refractivity contribution in [3.8, 4) is 16.9 Å². The molecule has 0 aliphatic carbocycles. The van der Waals surface area contributed by atoms with Crippen molar-refractivity contribution < 1.29 is 19.4 Å². The van der Waals surface area contributed by atoms with E-state index in [0.29, 0.717) is 12.1 Å². The lowest BCUT2D eigenvalue weighted by atomic mass is 10.0. The van der Waals surface area contributed by atoms with Crippen LogP contribution in [-0.2, 0) is 17.7 Å². The Bertz CT molecular complexity index is 1490. The van der Waals surface area contributed by atoms with E-state index in [1.54, 1.807) is 29.3 Å². The quantitative estimate of drug-likeness (QED) is 0.176. The average Bonchev–Trinajstić information content (AvgIpc) is 3.07. The lowest BCUT2D eigenvalue weighted by molar-refractivity contribution is 0.0927. The van der Waals surface area contributed by atoms with E-state index in [0.717, 1.165) is 66.8 Å². The molecular weight excluding hydrogens is 552 g/mol. The minimum atomic E-state index is -0.466. The number of phenols is 1. The maximum absolute atomic E-state index is 13.5. The highest BCUT2D eigenvalue weighted by Crippen LogP contribution is 2.33. The Morgan fingerprint density at radius 3 is 2.23 bits per heavy atom. The summed E-state index contributed by atoms with van der Waals surface area (Å²) in [4.78, 5) is 26.2. The predicted molar refractivity (Wildman–Crippen MR) is 173 cm³/mol. The molecule has 227 valence electrons. The third kappa shape index (κ3) is 8.46. The van der Waals surface area contributed by atoms with Crippen molar-refractivity contribution in [1.29, 1.82) is 0 Å². The number of phenolic OH excluding ortho intramolecular Hbond substituents is 1. The number of anilines is 1. The van der Waals surface area contributed by atoms with Crippen LogP contribution < -0.4 is 15.6 Å². The number of rotatable bonds is 12. The number of carbonyl (C=O) groups excluding carboxylic acids is 2. The number of nitrogens with one attached hydrogen (secondary N) is 2. The smallest absolute Gasteiger partial charge is 0.429 e. The summed E-state index contributed by atoms with van der Waals surface area (Å²) in [5.74, 6) is 0.0526. The van der Waals surface area contributed by atoms with Gasteiger partial charge in [0.05, 0.1) is 12.2 Å². The highest BCUT2D eigenvalue weighted by atomic mass is 16.6. The summed E-state index contributed by atoms with van der Waals surface area (Å²) in [5.41, 5.74) is 5.52. The van der Waals surface area contributed by atoms with Gasteiger partial charge in [-0.15, -0.1) is 0 Å². The highest BCUT2D eigenvalue weighted by Gasteiger charge is 2.28. The van der Waals surface area contributed by atoms with Crippen molar-refractivity contribution in [2.45, 2.75) is 25.8 Å². The first-order valence-corrected chi connectivity index (χ1v) is 15.1. The summed E-state index contributed by atoms with van der Waals surface area (Å²) in [6.07, 6.45) is 4.41. The van der Waals surface area contributed by atoms with Crippen molar-refractivity contribution in [1.82, 2.24) is 15.6 Å². The number of para-hydroxylation sites is 1. The van der Waals surface area contributed by atoms with E-state index in [1.807, 2.05) is 83.9 Å². The molecule has 0 saturated carbocycles. The maximum Gasteiger partial charge on any atom is 0.429 e. The van der Waals surface area contributed by atoms with Gasteiger partial charge in [0.25, 0.3) is 5.91 Å². The molecule has 0 aromatic heterocycles. The lowest BCUT2D eigenvalue weighted by Gasteiger charge is -2.37. The Balaban J connectivity index is 1.11. The molecule has 4 aromatic carbocycles. The summed E-state index contributed by atoms with van der Waals surface area (Å²) in [6.45, 7) is 3.19. The maximum atomic E-state index is 13.5. The molecule has 1 aliphatic heterocycles. The van der Waals surface area contributed by atoms with Gasteiger partial charge in [0.1, 0.15) is 12.4 Å². The fourth-order valence-electron chi connectivity index (χ4n) is 5.19. The molecule has 8 heteroatoms. The number of aromatic hydroxyl groups is 1. The van der Waals surface area contributed by atoms with E-state index in [2.05, 4.69) is 17.1 Å².